The van der Waals surface area contributed by atoms with Crippen molar-refractivity contribution in [1.82, 2.24) is 4.90 Å². The number of carbonyl (C=O) groups is 2. The molecule has 6 heteroatoms. The van der Waals surface area contributed by atoms with E-state index in [0.717, 1.165) is 25.9 Å². The van der Waals surface area contributed by atoms with Gasteiger partial charge in [0, 0.05) is 24.8 Å². The molecule has 2 N–H and O–H groups in total. The van der Waals surface area contributed by atoms with E-state index in [9.17, 15) is 9.59 Å². The highest BCUT2D eigenvalue weighted by atomic mass is 16.5. The van der Waals surface area contributed by atoms with Gasteiger partial charge in [-0.05, 0) is 30.9 Å². The first kappa shape index (κ1) is 15.6. The molecule has 1 fully saturated rings. The van der Waals surface area contributed by atoms with Crippen molar-refractivity contribution in [3.63, 3.8) is 0 Å². The van der Waals surface area contributed by atoms with Crippen molar-refractivity contribution in [2.45, 2.75) is 32.8 Å². The summed E-state index contributed by atoms with van der Waals surface area (Å²) in [6.07, 6.45) is 1.48. The summed E-state index contributed by atoms with van der Waals surface area (Å²) in [6.45, 7) is 5.47. The van der Waals surface area contributed by atoms with E-state index in [1.807, 2.05) is 18.7 Å². The number of rotatable bonds is 3. The number of carbonyl (C=O) groups excluding carboxylic acids is 2. The van der Waals surface area contributed by atoms with E-state index < -0.39 is 6.10 Å². The lowest BCUT2D eigenvalue weighted by Crippen LogP contribution is -2.51. The van der Waals surface area contributed by atoms with Crippen LogP contribution in [0.15, 0.2) is 18.2 Å². The Hall–Kier alpha value is -2.24. The second-order valence-electron chi connectivity index (χ2n) is 6.52. The number of nitrogens with zero attached hydrogens (tertiary/aromatic N) is 2. The van der Waals surface area contributed by atoms with Gasteiger partial charge in [0.25, 0.3) is 5.91 Å². The first-order valence-electron chi connectivity index (χ1n) is 8.12. The Bertz CT molecular complexity index is 624. The summed E-state index contributed by atoms with van der Waals surface area (Å²) >= 11 is 0. The summed E-state index contributed by atoms with van der Waals surface area (Å²) < 4.78 is 5.83. The van der Waals surface area contributed by atoms with E-state index in [2.05, 4.69) is 0 Å². The zero-order valence-electron chi connectivity index (χ0n) is 13.6. The Morgan fingerprint density at radius 1 is 1.35 bits per heavy atom. The third kappa shape index (κ3) is 2.98. The predicted octanol–water partition coefficient (Wildman–Crippen LogP) is 1.64. The van der Waals surface area contributed by atoms with E-state index in [0.29, 0.717) is 17.1 Å². The second-order valence-corrected chi connectivity index (χ2v) is 6.52. The number of nitrogen functional groups attached to an aromatic ring is 1. The lowest BCUT2D eigenvalue weighted by atomic mass is 10.0. The fourth-order valence-corrected chi connectivity index (χ4v) is 3.09. The van der Waals surface area contributed by atoms with Crippen molar-refractivity contribution >= 4 is 23.2 Å². The molecule has 1 aromatic rings. The van der Waals surface area contributed by atoms with Crippen LogP contribution in [0.4, 0.5) is 11.4 Å². The van der Waals surface area contributed by atoms with Crippen molar-refractivity contribution in [2.24, 2.45) is 5.92 Å². The number of hydrogen-bond donors (Lipinski definition) is 1. The highest BCUT2D eigenvalue weighted by Gasteiger charge is 2.38. The Morgan fingerprint density at radius 3 is 2.70 bits per heavy atom. The second kappa shape index (κ2) is 6.10. The molecule has 1 unspecified atom stereocenters. The number of hydrogen-bond acceptors (Lipinski definition) is 4. The lowest BCUT2D eigenvalue weighted by molar-refractivity contribution is -0.133. The predicted molar refractivity (Wildman–Crippen MR) is 88.3 cm³/mol. The van der Waals surface area contributed by atoms with Gasteiger partial charge in [-0.3, -0.25) is 14.5 Å². The molecule has 0 bridgehead atoms. The monoisotopic (exact) mass is 317 g/mol. The lowest BCUT2D eigenvalue weighted by Gasteiger charge is -2.36. The van der Waals surface area contributed by atoms with Gasteiger partial charge in [-0.1, -0.05) is 13.8 Å². The van der Waals surface area contributed by atoms with Gasteiger partial charge in [0.15, 0.2) is 6.10 Å². The van der Waals surface area contributed by atoms with E-state index >= 15 is 0 Å². The summed E-state index contributed by atoms with van der Waals surface area (Å²) in [5.74, 6) is 0.409. The molecule has 1 saturated heterocycles. The van der Waals surface area contributed by atoms with Gasteiger partial charge in [0.1, 0.15) is 12.3 Å². The maximum atomic E-state index is 12.8. The Kier molecular flexibility index (Phi) is 4.15. The number of ether oxygens (including phenoxy) is 1. The van der Waals surface area contributed by atoms with Crippen molar-refractivity contribution in [1.29, 1.82) is 0 Å². The molecule has 23 heavy (non-hydrogen) atoms. The van der Waals surface area contributed by atoms with Crippen LogP contribution >= 0.6 is 0 Å². The fraction of sp³-hybridized carbons (Fsp3) is 0.529. The molecule has 6 nitrogen and oxygen atoms in total. The molecule has 0 aromatic heterocycles. The van der Waals surface area contributed by atoms with E-state index in [1.54, 1.807) is 23.1 Å². The van der Waals surface area contributed by atoms with Crippen LogP contribution in [0.2, 0.25) is 0 Å². The summed E-state index contributed by atoms with van der Waals surface area (Å²) in [6, 6.07) is 5.18. The van der Waals surface area contributed by atoms with Crippen LogP contribution in [0.3, 0.4) is 0 Å². The molecule has 1 atom stereocenters. The first-order chi connectivity index (χ1) is 11.0. The minimum absolute atomic E-state index is 0.0111. The molecule has 3 rings (SSSR count). The standard InChI is InChI=1S/C17H23N3O3/c1-11(2)16-17(22)20(10-15(21)19-7-3-4-8-19)13-6-5-12(18)9-14(13)23-16/h5-6,9,11,16H,3-4,7-8,10,18H2,1-2H3. The van der Waals surface area contributed by atoms with Crippen LogP contribution in [0.5, 0.6) is 5.75 Å². The van der Waals surface area contributed by atoms with Crippen LogP contribution < -0.4 is 15.4 Å². The van der Waals surface area contributed by atoms with Crippen molar-refractivity contribution in [3.05, 3.63) is 18.2 Å². The van der Waals surface area contributed by atoms with Gasteiger partial charge in [-0.15, -0.1) is 0 Å². The molecule has 2 aliphatic rings. The number of fused-ring (bicyclic) bond motifs is 1. The van der Waals surface area contributed by atoms with Gasteiger partial charge in [-0.2, -0.15) is 0 Å². The Labute approximate surface area is 136 Å². The SMILES string of the molecule is CC(C)C1Oc2cc(N)ccc2N(CC(=O)N2CCCC2)C1=O. The number of benzene rings is 1. The molecule has 2 aliphatic heterocycles. The van der Waals surface area contributed by atoms with E-state index in [-0.39, 0.29) is 24.3 Å². The summed E-state index contributed by atoms with van der Waals surface area (Å²) in [5.41, 5.74) is 7.02. The third-order valence-electron chi connectivity index (χ3n) is 4.40. The van der Waals surface area contributed by atoms with Gasteiger partial charge in [0.05, 0.1) is 5.69 Å². The molecule has 124 valence electrons. The number of anilines is 2. The summed E-state index contributed by atoms with van der Waals surface area (Å²) in [4.78, 5) is 28.6. The van der Waals surface area contributed by atoms with Gasteiger partial charge < -0.3 is 15.4 Å². The molecule has 0 spiro atoms. The molecule has 2 heterocycles. The minimum Gasteiger partial charge on any atom is -0.478 e. The number of amides is 2. The summed E-state index contributed by atoms with van der Waals surface area (Å²) in [5, 5.41) is 0. The molecule has 0 saturated carbocycles. The van der Waals surface area contributed by atoms with Gasteiger partial charge in [0.2, 0.25) is 5.91 Å². The zero-order chi connectivity index (χ0) is 16.6. The maximum absolute atomic E-state index is 12.8. The van der Waals surface area contributed by atoms with E-state index in [1.165, 1.54) is 0 Å². The smallest absolute Gasteiger partial charge is 0.268 e. The normalized spacial score (nSPS) is 20.7. The van der Waals surface area contributed by atoms with Gasteiger partial charge in [-0.25, -0.2) is 0 Å². The van der Waals surface area contributed by atoms with E-state index in [4.69, 9.17) is 10.5 Å². The topological polar surface area (TPSA) is 75.9 Å². The summed E-state index contributed by atoms with van der Waals surface area (Å²) in [7, 11) is 0. The van der Waals surface area contributed by atoms with Crippen LogP contribution in [0.25, 0.3) is 0 Å². The first-order valence-corrected chi connectivity index (χ1v) is 8.12. The largest absolute Gasteiger partial charge is 0.478 e. The molecular formula is C17H23N3O3. The molecule has 2 amide bonds. The van der Waals surface area contributed by atoms with Crippen LogP contribution in [-0.2, 0) is 9.59 Å². The van der Waals surface area contributed by atoms with Crippen LogP contribution in [0.1, 0.15) is 26.7 Å². The van der Waals surface area contributed by atoms with Gasteiger partial charge >= 0.3 is 0 Å². The molecule has 1 aromatic carbocycles. The highest BCUT2D eigenvalue weighted by molar-refractivity contribution is 6.04. The molecular weight excluding hydrogens is 294 g/mol. The maximum Gasteiger partial charge on any atom is 0.268 e. The number of likely N-dealkylation sites (tertiary alicyclic amines) is 1. The molecule has 0 radical (unpaired) electrons. The average molecular weight is 317 g/mol. The minimum atomic E-state index is -0.587. The van der Waals surface area contributed by atoms with Crippen molar-refractivity contribution in [2.75, 3.05) is 30.3 Å². The van der Waals surface area contributed by atoms with Crippen molar-refractivity contribution < 1.29 is 14.3 Å². The Balaban J connectivity index is 1.89. The van der Waals surface area contributed by atoms with Crippen LogP contribution in [0, 0.1) is 5.92 Å². The molecule has 0 aliphatic carbocycles. The average Bonchev–Trinajstić information content (AvgIpc) is 3.03. The Morgan fingerprint density at radius 2 is 2.04 bits per heavy atom. The van der Waals surface area contributed by atoms with Crippen molar-refractivity contribution in [3.8, 4) is 5.75 Å². The zero-order valence-corrected chi connectivity index (χ0v) is 13.6. The van der Waals surface area contributed by atoms with Crippen LogP contribution in [-0.4, -0.2) is 42.5 Å². The third-order valence-corrected chi connectivity index (χ3v) is 4.40. The fourth-order valence-electron chi connectivity index (χ4n) is 3.09. The highest BCUT2D eigenvalue weighted by Crippen LogP contribution is 2.37. The quantitative estimate of drug-likeness (QED) is 0.860. The number of nitrogens with two attached hydrogens (primary N) is 1.